The molecule has 0 unspecified atom stereocenters. The van der Waals surface area contributed by atoms with E-state index in [9.17, 15) is 9.59 Å². The summed E-state index contributed by atoms with van der Waals surface area (Å²) in [5.41, 5.74) is 7.71. The molecule has 2 rings (SSSR count). The average molecular weight is 376 g/mol. The smallest absolute Gasteiger partial charge is 0.242 e. The van der Waals surface area contributed by atoms with Crippen molar-refractivity contribution in [2.24, 2.45) is 5.73 Å². The molecule has 0 fully saturated rings. The van der Waals surface area contributed by atoms with Gasteiger partial charge in [-0.3, -0.25) is 9.59 Å². The van der Waals surface area contributed by atoms with E-state index in [1.165, 1.54) is 5.56 Å². The first kappa shape index (κ1) is 21.7. The van der Waals surface area contributed by atoms with Gasteiger partial charge in [-0.1, -0.05) is 60.7 Å². The number of rotatable bonds is 9. The first-order valence-corrected chi connectivity index (χ1v) is 8.51. The van der Waals surface area contributed by atoms with Gasteiger partial charge in [0.05, 0.1) is 13.0 Å². The van der Waals surface area contributed by atoms with Gasteiger partial charge in [-0.25, -0.2) is 0 Å². The van der Waals surface area contributed by atoms with Crippen LogP contribution in [0.3, 0.4) is 0 Å². The molecule has 0 bridgehead atoms. The van der Waals surface area contributed by atoms with Crippen molar-refractivity contribution in [2.75, 3.05) is 26.2 Å². The molecule has 3 N–H and O–H groups in total. The minimum Gasteiger partial charge on any atom is -0.347 e. The van der Waals surface area contributed by atoms with Crippen LogP contribution in [0.4, 0.5) is 0 Å². The summed E-state index contributed by atoms with van der Waals surface area (Å²) in [5, 5.41) is 2.70. The summed E-state index contributed by atoms with van der Waals surface area (Å²) < 4.78 is 0. The van der Waals surface area contributed by atoms with Crippen LogP contribution in [0.5, 0.6) is 0 Å². The van der Waals surface area contributed by atoms with Crippen molar-refractivity contribution in [3.05, 3.63) is 71.8 Å². The van der Waals surface area contributed by atoms with Gasteiger partial charge in [0.1, 0.15) is 0 Å². The zero-order valence-corrected chi connectivity index (χ0v) is 15.6. The van der Waals surface area contributed by atoms with Gasteiger partial charge in [-0.15, -0.1) is 12.4 Å². The van der Waals surface area contributed by atoms with Crippen LogP contribution in [0.1, 0.15) is 11.1 Å². The van der Waals surface area contributed by atoms with E-state index in [2.05, 4.69) is 5.32 Å². The van der Waals surface area contributed by atoms with Crippen molar-refractivity contribution in [1.29, 1.82) is 0 Å². The zero-order chi connectivity index (χ0) is 17.9. The van der Waals surface area contributed by atoms with Gasteiger partial charge >= 0.3 is 0 Å². The fourth-order valence-electron chi connectivity index (χ4n) is 2.56. The van der Waals surface area contributed by atoms with E-state index < -0.39 is 0 Å². The van der Waals surface area contributed by atoms with Crippen LogP contribution in [0.2, 0.25) is 0 Å². The number of carbonyl (C=O) groups is 2. The lowest BCUT2D eigenvalue weighted by Crippen LogP contribution is -2.43. The fraction of sp³-hybridized carbons (Fsp3) is 0.300. The monoisotopic (exact) mass is 375 g/mol. The molecule has 0 radical (unpaired) electrons. The van der Waals surface area contributed by atoms with Crippen molar-refractivity contribution in [3.8, 4) is 0 Å². The normalized spacial score (nSPS) is 9.88. The minimum absolute atomic E-state index is 0. The molecule has 2 amide bonds. The Morgan fingerprint density at radius 2 is 1.46 bits per heavy atom. The Labute approximate surface area is 161 Å². The standard InChI is InChI=1S/C20H25N3O2.ClH/c21-12-14-23(13-11-17-7-3-1-4-8-17)20(25)16-22-19(24)15-18-9-5-2-6-10-18;/h1-10H,11-16,21H2,(H,22,24);1H. The summed E-state index contributed by atoms with van der Waals surface area (Å²) in [6.07, 6.45) is 1.04. The number of amides is 2. The number of nitrogens with one attached hydrogen (secondary N) is 1. The van der Waals surface area contributed by atoms with Crippen molar-refractivity contribution in [3.63, 3.8) is 0 Å². The second-order valence-electron chi connectivity index (χ2n) is 5.84. The van der Waals surface area contributed by atoms with Crippen LogP contribution in [0.15, 0.2) is 60.7 Å². The Morgan fingerprint density at radius 1 is 0.885 bits per heavy atom. The number of hydrogen-bond donors (Lipinski definition) is 2. The number of hydrogen-bond acceptors (Lipinski definition) is 3. The molecule has 26 heavy (non-hydrogen) atoms. The van der Waals surface area contributed by atoms with Crippen LogP contribution in [0.25, 0.3) is 0 Å². The molecular weight excluding hydrogens is 350 g/mol. The minimum atomic E-state index is -0.157. The van der Waals surface area contributed by atoms with Gasteiger partial charge in [0.2, 0.25) is 11.8 Å². The van der Waals surface area contributed by atoms with Crippen molar-refractivity contribution < 1.29 is 9.59 Å². The van der Waals surface area contributed by atoms with E-state index in [4.69, 9.17) is 5.73 Å². The molecule has 140 valence electrons. The van der Waals surface area contributed by atoms with Crippen molar-refractivity contribution >= 4 is 24.2 Å². The van der Waals surface area contributed by atoms with Crippen LogP contribution in [0, 0.1) is 0 Å². The molecule has 0 heterocycles. The van der Waals surface area contributed by atoms with Gasteiger partial charge in [0, 0.05) is 19.6 Å². The van der Waals surface area contributed by atoms with E-state index in [1.807, 2.05) is 60.7 Å². The van der Waals surface area contributed by atoms with Crippen LogP contribution >= 0.6 is 12.4 Å². The van der Waals surface area contributed by atoms with Crippen molar-refractivity contribution in [1.82, 2.24) is 10.2 Å². The highest BCUT2D eigenvalue weighted by Crippen LogP contribution is 2.02. The molecule has 0 spiro atoms. The van der Waals surface area contributed by atoms with E-state index >= 15 is 0 Å². The van der Waals surface area contributed by atoms with Crippen LogP contribution in [-0.4, -0.2) is 42.9 Å². The zero-order valence-electron chi connectivity index (χ0n) is 14.8. The van der Waals surface area contributed by atoms with E-state index in [1.54, 1.807) is 4.90 Å². The summed E-state index contributed by atoms with van der Waals surface area (Å²) in [5.74, 6) is -0.266. The lowest BCUT2D eigenvalue weighted by atomic mass is 10.1. The molecule has 5 nitrogen and oxygen atoms in total. The molecule has 0 aromatic heterocycles. The van der Waals surface area contributed by atoms with E-state index in [-0.39, 0.29) is 37.2 Å². The molecule has 0 aliphatic heterocycles. The average Bonchev–Trinajstić information content (AvgIpc) is 2.65. The van der Waals surface area contributed by atoms with Crippen molar-refractivity contribution in [2.45, 2.75) is 12.8 Å². The summed E-state index contributed by atoms with van der Waals surface area (Å²) in [4.78, 5) is 26.0. The third-order valence-electron chi connectivity index (χ3n) is 3.91. The van der Waals surface area contributed by atoms with Crippen LogP contribution < -0.4 is 11.1 Å². The predicted octanol–water partition coefficient (Wildman–Crippen LogP) is 1.80. The predicted molar refractivity (Wildman–Crippen MR) is 106 cm³/mol. The maximum Gasteiger partial charge on any atom is 0.242 e. The Morgan fingerprint density at radius 3 is 2.04 bits per heavy atom. The Bertz CT molecular complexity index is 665. The summed E-state index contributed by atoms with van der Waals surface area (Å²) in [7, 11) is 0. The molecule has 0 atom stereocenters. The molecule has 0 aliphatic carbocycles. The number of halogens is 1. The highest BCUT2D eigenvalue weighted by atomic mass is 35.5. The Hall–Kier alpha value is -2.37. The summed E-state index contributed by atoms with van der Waals surface area (Å²) in [6, 6.07) is 19.5. The maximum atomic E-state index is 12.4. The van der Waals surface area contributed by atoms with Crippen LogP contribution in [-0.2, 0) is 22.4 Å². The summed E-state index contributed by atoms with van der Waals surface area (Å²) >= 11 is 0. The largest absolute Gasteiger partial charge is 0.347 e. The first-order valence-electron chi connectivity index (χ1n) is 8.51. The molecule has 2 aromatic carbocycles. The fourth-order valence-corrected chi connectivity index (χ4v) is 2.56. The third-order valence-corrected chi connectivity index (χ3v) is 3.91. The highest BCUT2D eigenvalue weighted by Gasteiger charge is 2.14. The molecule has 6 heteroatoms. The summed E-state index contributed by atoms with van der Waals surface area (Å²) in [6.45, 7) is 1.48. The quantitative estimate of drug-likeness (QED) is 0.701. The molecule has 2 aromatic rings. The third kappa shape index (κ3) is 7.68. The second-order valence-corrected chi connectivity index (χ2v) is 5.84. The lowest BCUT2D eigenvalue weighted by molar-refractivity contribution is -0.132. The molecule has 0 aliphatic rings. The molecule has 0 saturated heterocycles. The Balaban J connectivity index is 0.00000338. The first-order chi connectivity index (χ1) is 12.2. The number of nitrogens with zero attached hydrogens (tertiary/aromatic N) is 1. The highest BCUT2D eigenvalue weighted by molar-refractivity contribution is 5.86. The van der Waals surface area contributed by atoms with E-state index in [0.717, 1.165) is 12.0 Å². The number of nitrogens with two attached hydrogens (primary N) is 1. The van der Waals surface area contributed by atoms with Gasteiger partial charge in [0.25, 0.3) is 0 Å². The topological polar surface area (TPSA) is 75.4 Å². The number of carbonyl (C=O) groups excluding carboxylic acids is 2. The lowest BCUT2D eigenvalue weighted by Gasteiger charge is -2.22. The number of benzene rings is 2. The molecule has 0 saturated carbocycles. The van der Waals surface area contributed by atoms with Gasteiger partial charge < -0.3 is 16.0 Å². The molecular formula is C20H26ClN3O2. The van der Waals surface area contributed by atoms with Gasteiger partial charge in [-0.05, 0) is 17.5 Å². The Kier molecular flexibility index (Phi) is 10.1. The SMILES string of the molecule is Cl.NCCN(CCc1ccccc1)C(=O)CNC(=O)Cc1ccccc1. The van der Waals surface area contributed by atoms with Gasteiger partial charge in [0.15, 0.2) is 0 Å². The maximum absolute atomic E-state index is 12.4. The van der Waals surface area contributed by atoms with Gasteiger partial charge in [-0.2, -0.15) is 0 Å². The second kappa shape index (κ2) is 12.1. The van der Waals surface area contributed by atoms with E-state index in [0.29, 0.717) is 19.6 Å².